The van der Waals surface area contributed by atoms with Gasteiger partial charge in [0.25, 0.3) is 5.91 Å². The monoisotopic (exact) mass is 836 g/mol. The zero-order chi connectivity index (χ0) is 40.6. The Morgan fingerprint density at radius 3 is 2.36 bits per heavy atom. The van der Waals surface area contributed by atoms with Crippen LogP contribution in [0.4, 0.5) is 5.13 Å². The van der Waals surface area contributed by atoms with Crippen LogP contribution in [0.1, 0.15) is 83.3 Å². The largest absolute Gasteiger partial charge is 0.543 e. The standard InChI is InChI=1S/C20H24N4O7S2.C16H21ClN2O3.CH4/c1-5-9-8(2)33-16-10(15(26)24(16)14(9)17(27)28)6-12(25)13(11-7-32-19(21)22-11)23-31-20(3,4)18(29)30;1-19-7-4-16(5-8-19,6-9-19)10-18-15(22)11-2-3-12(20)14(21)13(11)17;/h7-8,10,16H,5-6H2,1-4H3,(H2,21,22)(H,27,28)(H,29,30);2-3H,4-10H2,1H3,(H2-,18,20,21,22);1H4/b23-13-;;/t8-,10+,16+;;/m0../s1. The molecule has 1 aromatic carbocycles. The number of rotatable bonds is 12. The first kappa shape index (κ1) is 44.3. The highest BCUT2D eigenvalue weighted by Gasteiger charge is 2.54. The number of thiazole rings is 1. The van der Waals surface area contributed by atoms with Crippen LogP contribution in [-0.2, 0) is 24.0 Å². The van der Waals surface area contributed by atoms with Gasteiger partial charge in [0.1, 0.15) is 5.69 Å². The number of carbonyl (C=O) groups is 5. The number of phenolic OH excluding ortho intramolecular Hbond substituents is 2. The van der Waals surface area contributed by atoms with Crippen molar-refractivity contribution in [3.63, 3.8) is 0 Å². The molecule has 7 rings (SSSR count). The summed E-state index contributed by atoms with van der Waals surface area (Å²) >= 11 is 8.39. The third kappa shape index (κ3) is 8.92. The molecule has 4 fully saturated rings. The number of β-lactam (4-membered cyclic amide) rings is 1. The molecular weight excluding hydrogens is 788 g/mol. The first-order chi connectivity index (χ1) is 25.7. The van der Waals surface area contributed by atoms with Crippen LogP contribution in [0.5, 0.6) is 11.5 Å². The van der Waals surface area contributed by atoms with E-state index < -0.39 is 46.3 Å². The van der Waals surface area contributed by atoms with Crippen molar-refractivity contribution < 1.29 is 53.7 Å². The van der Waals surface area contributed by atoms with Crippen molar-refractivity contribution in [1.82, 2.24) is 15.2 Å². The van der Waals surface area contributed by atoms with Crippen LogP contribution in [0.3, 0.4) is 0 Å². The average Bonchev–Trinajstić information content (AvgIpc) is 3.57. The van der Waals surface area contributed by atoms with E-state index in [0.717, 1.165) is 35.1 Å². The number of carbonyl (C=O) groups excluding carboxylic acids is 4. The van der Waals surface area contributed by atoms with E-state index in [0.29, 0.717) is 18.5 Å². The number of hydrogen-bond donors (Lipinski definition) is 5. The maximum atomic E-state index is 13.1. The third-order valence-corrected chi connectivity index (χ3v) is 13.5. The SMILES string of the molecule is C.CCC1=C(C(=O)[O-])N2C(=O)[C@@H](CC(=O)/C(=N\OC(C)(C)C(=O)O)c3csc(N)n3)[C@H]2S[C@H]1C.C[N+]12CCC(CNC(=O)c3ccc(O)c(O)c3Cl)(CC1)CC2. The normalized spacial score (nSPS) is 25.5. The average molecular weight is 837 g/mol. The number of fused-ring (bicyclic) bond motifs is 4. The molecule has 2 amide bonds. The number of piperidine rings is 3. The molecule has 2 bridgehead atoms. The Balaban J connectivity index is 0.000000263. The number of benzene rings is 1. The fourth-order valence-corrected chi connectivity index (χ4v) is 9.54. The summed E-state index contributed by atoms with van der Waals surface area (Å²) in [6.07, 6.45) is 3.58. The lowest BCUT2D eigenvalue weighted by Crippen LogP contribution is -2.63. The number of carboxylic acid groups (broad SMARTS) is 2. The van der Waals surface area contributed by atoms with E-state index in [1.807, 2.05) is 13.8 Å². The minimum atomic E-state index is -1.71. The molecule has 56 heavy (non-hydrogen) atoms. The molecule has 3 atom stereocenters. The molecule has 16 nitrogen and oxygen atoms in total. The van der Waals surface area contributed by atoms with Gasteiger partial charge < -0.3 is 45.6 Å². The highest BCUT2D eigenvalue weighted by Crippen LogP contribution is 2.49. The second-order valence-corrected chi connectivity index (χ2v) is 17.8. The van der Waals surface area contributed by atoms with Gasteiger partial charge in [0.05, 0.1) is 60.2 Å². The number of hydrogen-bond acceptors (Lipinski definition) is 14. The topological polar surface area (TPSA) is 245 Å². The number of halogens is 1. The maximum Gasteiger partial charge on any atom is 0.350 e. The number of amides is 2. The summed E-state index contributed by atoms with van der Waals surface area (Å²) < 4.78 is 1.16. The van der Waals surface area contributed by atoms with E-state index in [1.54, 1.807) is 0 Å². The van der Waals surface area contributed by atoms with Crippen molar-refractivity contribution in [2.24, 2.45) is 16.5 Å². The number of Topliss-reactive ketones (excluding diaryl/α,β-unsaturated/α-hetero) is 1. The van der Waals surface area contributed by atoms with Crippen LogP contribution in [0, 0.1) is 11.3 Å². The number of aromatic nitrogens is 1. The fraction of sp³-hybridized carbons (Fsp3) is 0.541. The molecule has 2 aromatic rings. The number of thioether (sulfide) groups is 1. The summed E-state index contributed by atoms with van der Waals surface area (Å²) in [5, 5.41) is 47.5. The number of nitrogens with zero attached hydrogens (tertiary/aromatic N) is 4. The van der Waals surface area contributed by atoms with E-state index in [1.165, 1.54) is 67.7 Å². The van der Waals surface area contributed by atoms with Gasteiger partial charge in [0.15, 0.2) is 28.1 Å². The van der Waals surface area contributed by atoms with Gasteiger partial charge in [-0.3, -0.25) is 19.3 Å². The quantitative estimate of drug-likeness (QED) is 0.0678. The number of nitrogens with one attached hydrogen (secondary N) is 1. The minimum absolute atomic E-state index is 0. The van der Waals surface area contributed by atoms with Gasteiger partial charge in [-0.1, -0.05) is 31.1 Å². The van der Waals surface area contributed by atoms with Crippen molar-refractivity contribution in [3.05, 3.63) is 45.1 Å². The molecule has 0 aliphatic carbocycles. The lowest BCUT2D eigenvalue weighted by atomic mass is 9.71. The highest BCUT2D eigenvalue weighted by atomic mass is 35.5. The molecule has 0 radical (unpaired) electrons. The van der Waals surface area contributed by atoms with Gasteiger partial charge in [-0.25, -0.2) is 9.78 Å². The van der Waals surface area contributed by atoms with Crippen molar-refractivity contribution >= 4 is 75.1 Å². The lowest BCUT2D eigenvalue weighted by Gasteiger charge is -2.53. The van der Waals surface area contributed by atoms with Crippen LogP contribution in [-0.4, -0.2) is 114 Å². The summed E-state index contributed by atoms with van der Waals surface area (Å²) in [5.41, 5.74) is 4.66. The number of ketones is 1. The van der Waals surface area contributed by atoms with E-state index in [-0.39, 0.29) is 69.0 Å². The van der Waals surface area contributed by atoms with Gasteiger partial charge in [0.2, 0.25) is 11.5 Å². The first-order valence-electron chi connectivity index (χ1n) is 17.7. The molecule has 19 heteroatoms. The number of aliphatic carboxylic acids is 2. The Labute approximate surface area is 338 Å². The van der Waals surface area contributed by atoms with Gasteiger partial charge in [-0.2, -0.15) is 0 Å². The lowest BCUT2D eigenvalue weighted by molar-refractivity contribution is -0.927. The number of quaternary nitrogens is 1. The predicted octanol–water partition coefficient (Wildman–Crippen LogP) is 3.35. The van der Waals surface area contributed by atoms with Gasteiger partial charge >= 0.3 is 5.97 Å². The van der Waals surface area contributed by atoms with Crippen molar-refractivity contribution in [3.8, 4) is 11.5 Å². The second kappa shape index (κ2) is 17.0. The van der Waals surface area contributed by atoms with Gasteiger partial charge in [-0.15, -0.1) is 23.1 Å². The second-order valence-electron chi connectivity index (χ2n) is 15.1. The zero-order valence-corrected chi connectivity index (χ0v) is 33.5. The molecule has 6 heterocycles. The smallest absolute Gasteiger partial charge is 0.350 e. The molecule has 1 aromatic heterocycles. The molecule has 0 spiro atoms. The van der Waals surface area contributed by atoms with Gasteiger partial charge in [-0.05, 0) is 44.9 Å². The first-order valence-corrected chi connectivity index (χ1v) is 19.9. The van der Waals surface area contributed by atoms with Crippen molar-refractivity contribution in [2.75, 3.05) is 39.0 Å². The molecule has 0 saturated carbocycles. The van der Waals surface area contributed by atoms with E-state index in [9.17, 15) is 44.4 Å². The molecule has 306 valence electrons. The van der Waals surface area contributed by atoms with Crippen LogP contribution in [0.15, 0.2) is 33.9 Å². The van der Waals surface area contributed by atoms with Crippen LogP contribution < -0.4 is 16.2 Å². The van der Waals surface area contributed by atoms with E-state index in [4.69, 9.17) is 22.2 Å². The van der Waals surface area contributed by atoms with Crippen LogP contribution in [0.2, 0.25) is 5.02 Å². The number of nitrogen functional groups attached to an aromatic ring is 1. The number of aromatic hydroxyl groups is 2. The zero-order valence-electron chi connectivity index (χ0n) is 31.1. The molecular formula is C37H49ClN6O10S2. The van der Waals surface area contributed by atoms with E-state index in [2.05, 4.69) is 22.5 Å². The number of carboxylic acids is 2. The molecule has 0 unspecified atom stereocenters. The summed E-state index contributed by atoms with van der Waals surface area (Å²) in [4.78, 5) is 71.6. The number of nitrogens with two attached hydrogens (primary N) is 1. The van der Waals surface area contributed by atoms with Gasteiger partial charge in [0, 0.05) is 48.3 Å². The van der Waals surface area contributed by atoms with E-state index >= 15 is 0 Å². The molecule has 4 saturated heterocycles. The summed E-state index contributed by atoms with van der Waals surface area (Å²) in [7, 11) is 2.31. The van der Waals surface area contributed by atoms with Crippen molar-refractivity contribution in [1.29, 1.82) is 0 Å². The minimum Gasteiger partial charge on any atom is -0.543 e. The molecule has 5 aliphatic rings. The maximum absolute atomic E-state index is 13.1. The fourth-order valence-electron chi connectivity index (χ4n) is 7.15. The number of phenols is 2. The predicted molar refractivity (Wildman–Crippen MR) is 210 cm³/mol. The highest BCUT2D eigenvalue weighted by molar-refractivity contribution is 8.00. The Morgan fingerprint density at radius 1 is 1.20 bits per heavy atom. The Hall–Kier alpha value is -4.39. The summed E-state index contributed by atoms with van der Waals surface area (Å²) in [6, 6.07) is 2.71. The number of anilines is 1. The van der Waals surface area contributed by atoms with Crippen molar-refractivity contribution in [2.45, 2.75) is 83.5 Å². The number of oxime groups is 1. The molecule has 6 N–H and O–H groups in total. The van der Waals surface area contributed by atoms with Crippen LogP contribution in [0.25, 0.3) is 0 Å². The third-order valence-electron chi connectivity index (χ3n) is 10.9. The molecule has 5 aliphatic heterocycles. The Morgan fingerprint density at radius 2 is 1.82 bits per heavy atom. The Kier molecular flexibility index (Phi) is 13.5. The summed E-state index contributed by atoms with van der Waals surface area (Å²) in [5.74, 6) is -5.68. The Bertz CT molecular complexity index is 1940. The summed E-state index contributed by atoms with van der Waals surface area (Å²) in [6.45, 7) is 10.4. The van der Waals surface area contributed by atoms with Crippen LogP contribution >= 0.6 is 34.7 Å².